The quantitative estimate of drug-likeness (QED) is 0.0604. The first-order valence-corrected chi connectivity index (χ1v) is 17.6. The molecule has 1 aliphatic heterocycles. The molecule has 0 bridgehead atoms. The topological polar surface area (TPSA) is 259 Å². The molecule has 0 aromatic heterocycles. The van der Waals surface area contributed by atoms with Crippen molar-refractivity contribution < 1.29 is 33.9 Å². The van der Waals surface area contributed by atoms with Crippen molar-refractivity contribution in [3.8, 4) is 5.75 Å². The summed E-state index contributed by atoms with van der Waals surface area (Å²) in [5.74, 6) is -4.94. The van der Waals surface area contributed by atoms with Gasteiger partial charge in [0, 0.05) is 25.1 Å². The largest absolute Gasteiger partial charge is 0.508 e. The molecule has 6 atom stereocenters. The van der Waals surface area contributed by atoms with E-state index < -0.39 is 77.6 Å². The lowest BCUT2D eigenvalue weighted by molar-refractivity contribution is -0.136. The Morgan fingerprint density at radius 1 is 0.692 bits per heavy atom. The SMILES string of the molecule is CC(C)[C@@H]1NC(=O)[C@H](C)NC(=O)[C@H](Cc2ccccc2)NC(=O)[C@H](Cc2ccc(O)cc2)NC(=O)[C@H](CCCN=C(N)N)NC(=O)[C@H](CS)NC1=O. The summed E-state index contributed by atoms with van der Waals surface area (Å²) in [6.45, 7) is 4.98. The van der Waals surface area contributed by atoms with Crippen molar-refractivity contribution in [2.75, 3.05) is 12.3 Å². The number of nitrogens with zero attached hydrogens (tertiary/aromatic N) is 1. The van der Waals surface area contributed by atoms with E-state index in [1.54, 1.807) is 56.3 Å². The number of carbonyl (C=O) groups excluding carboxylic acids is 6. The Balaban J connectivity index is 2.07. The standard InChI is InChI=1S/C35H49N9O7S/c1-19(2)28-34(51)43-27(18-52)33(50)40-24(10-7-15-38-35(36)37)30(47)41-26(17-22-11-13-23(45)14-12-22)32(49)42-25(16-21-8-5-4-6-9-21)31(48)39-20(3)29(46)44-28/h4-6,8-9,11-14,19-20,24-28,45,52H,7,10,15-18H2,1-3H3,(H,39,48)(H,40,50)(H,41,47)(H,42,49)(H,43,51)(H,44,46)(H4,36,37,38)/t20-,24-,25-,26-,27-,28-/m0/s1. The lowest BCUT2D eigenvalue weighted by Crippen LogP contribution is -2.62. The number of phenols is 1. The van der Waals surface area contributed by atoms with Gasteiger partial charge in [-0.1, -0.05) is 56.3 Å². The van der Waals surface area contributed by atoms with Crippen molar-refractivity contribution in [3.05, 3.63) is 65.7 Å². The molecule has 17 heteroatoms. The first-order chi connectivity index (χ1) is 24.7. The zero-order chi connectivity index (χ0) is 38.4. The van der Waals surface area contributed by atoms with Gasteiger partial charge in [0.25, 0.3) is 0 Å². The fraction of sp³-hybridized carbons (Fsp3) is 0.457. The van der Waals surface area contributed by atoms with Gasteiger partial charge in [0.05, 0.1) is 0 Å². The van der Waals surface area contributed by atoms with Crippen LogP contribution >= 0.6 is 12.6 Å². The van der Waals surface area contributed by atoms with Crippen LogP contribution in [-0.4, -0.2) is 95.1 Å². The van der Waals surface area contributed by atoms with E-state index >= 15 is 0 Å². The lowest BCUT2D eigenvalue weighted by atomic mass is 10.0. The monoisotopic (exact) mass is 739 g/mol. The van der Waals surface area contributed by atoms with Crippen LogP contribution in [0, 0.1) is 5.92 Å². The molecule has 16 nitrogen and oxygen atoms in total. The highest BCUT2D eigenvalue weighted by Crippen LogP contribution is 2.13. The highest BCUT2D eigenvalue weighted by atomic mass is 32.1. The summed E-state index contributed by atoms with van der Waals surface area (Å²) in [5, 5.41) is 25.8. The van der Waals surface area contributed by atoms with E-state index in [2.05, 4.69) is 49.5 Å². The molecule has 282 valence electrons. The minimum absolute atomic E-state index is 0.00574. The highest BCUT2D eigenvalue weighted by molar-refractivity contribution is 7.80. The third-order valence-electron chi connectivity index (χ3n) is 8.32. The second-order valence-corrected chi connectivity index (χ2v) is 13.3. The van der Waals surface area contributed by atoms with Gasteiger partial charge in [0.2, 0.25) is 35.4 Å². The highest BCUT2D eigenvalue weighted by Gasteiger charge is 2.34. The molecule has 1 saturated heterocycles. The van der Waals surface area contributed by atoms with Crippen LogP contribution in [0.2, 0.25) is 0 Å². The number of thiol groups is 1. The summed E-state index contributed by atoms with van der Waals surface area (Å²) in [7, 11) is 0. The van der Waals surface area contributed by atoms with E-state index in [9.17, 15) is 33.9 Å². The smallest absolute Gasteiger partial charge is 0.244 e. The van der Waals surface area contributed by atoms with E-state index in [0.29, 0.717) is 11.1 Å². The van der Waals surface area contributed by atoms with E-state index in [4.69, 9.17) is 11.5 Å². The minimum Gasteiger partial charge on any atom is -0.508 e. The maximum atomic E-state index is 14.1. The number of hydrogen-bond donors (Lipinski definition) is 10. The van der Waals surface area contributed by atoms with Crippen LogP contribution in [0.4, 0.5) is 0 Å². The Kier molecular flexibility index (Phi) is 15.7. The van der Waals surface area contributed by atoms with Gasteiger partial charge in [-0.3, -0.25) is 33.8 Å². The molecule has 0 aliphatic carbocycles. The molecule has 1 aliphatic rings. The second kappa shape index (κ2) is 19.9. The van der Waals surface area contributed by atoms with Gasteiger partial charge in [-0.05, 0) is 48.9 Å². The summed E-state index contributed by atoms with van der Waals surface area (Å²) in [6.07, 6.45) is 0.272. The average molecular weight is 740 g/mol. The molecule has 3 rings (SSSR count). The van der Waals surface area contributed by atoms with E-state index in [1.165, 1.54) is 19.1 Å². The van der Waals surface area contributed by atoms with Crippen molar-refractivity contribution in [2.24, 2.45) is 22.4 Å². The predicted octanol–water partition coefficient (Wildman–Crippen LogP) is -1.24. The maximum absolute atomic E-state index is 14.1. The normalized spacial score (nSPS) is 23.9. The van der Waals surface area contributed by atoms with Gasteiger partial charge in [0.1, 0.15) is 42.0 Å². The second-order valence-electron chi connectivity index (χ2n) is 12.9. The third-order valence-corrected chi connectivity index (χ3v) is 8.68. The fourth-order valence-electron chi connectivity index (χ4n) is 5.37. The van der Waals surface area contributed by atoms with E-state index in [-0.39, 0.29) is 49.7 Å². The summed E-state index contributed by atoms with van der Waals surface area (Å²) in [5.41, 5.74) is 12.2. The van der Waals surface area contributed by atoms with Crippen molar-refractivity contribution in [1.29, 1.82) is 0 Å². The zero-order valence-corrected chi connectivity index (χ0v) is 30.3. The first kappa shape index (κ1) is 41.1. The van der Waals surface area contributed by atoms with Gasteiger partial charge in [0.15, 0.2) is 5.96 Å². The molecule has 1 fully saturated rings. The molecule has 52 heavy (non-hydrogen) atoms. The van der Waals surface area contributed by atoms with Gasteiger partial charge in [-0.25, -0.2) is 0 Å². The summed E-state index contributed by atoms with van der Waals surface area (Å²) < 4.78 is 0. The Labute approximate surface area is 308 Å². The molecule has 0 unspecified atom stereocenters. The molecule has 6 amide bonds. The fourth-order valence-corrected chi connectivity index (χ4v) is 5.63. The van der Waals surface area contributed by atoms with Crippen LogP contribution in [0.3, 0.4) is 0 Å². The molecule has 2 aromatic carbocycles. The zero-order valence-electron chi connectivity index (χ0n) is 29.4. The van der Waals surface area contributed by atoms with Crippen LogP contribution in [0.1, 0.15) is 44.7 Å². The average Bonchev–Trinajstić information content (AvgIpc) is 3.10. The Hall–Kier alpha value is -5.32. The molecule has 11 N–H and O–H groups in total. The number of benzene rings is 2. The number of phenolic OH excluding ortho intramolecular Hbond substituents is 1. The molecular weight excluding hydrogens is 691 g/mol. The third kappa shape index (κ3) is 12.8. The molecular formula is C35H49N9O7S. The Morgan fingerprint density at radius 3 is 1.75 bits per heavy atom. The predicted molar refractivity (Wildman–Crippen MR) is 198 cm³/mol. The number of aromatic hydroxyl groups is 1. The Bertz CT molecular complexity index is 1590. The number of nitrogens with one attached hydrogen (secondary N) is 6. The number of hydrogen-bond acceptors (Lipinski definition) is 9. The first-order valence-electron chi connectivity index (χ1n) is 17.0. The van der Waals surface area contributed by atoms with Gasteiger partial charge in [-0.15, -0.1) is 0 Å². The summed E-state index contributed by atoms with van der Waals surface area (Å²) >= 11 is 4.24. The van der Waals surface area contributed by atoms with Gasteiger partial charge >= 0.3 is 0 Å². The summed E-state index contributed by atoms with van der Waals surface area (Å²) in [6, 6.07) is 7.77. The minimum atomic E-state index is -1.27. The molecule has 0 saturated carbocycles. The number of rotatable bonds is 10. The molecule has 0 spiro atoms. The number of guanidine groups is 1. The molecule has 2 aromatic rings. The van der Waals surface area contributed by atoms with Crippen molar-refractivity contribution in [2.45, 2.75) is 82.7 Å². The van der Waals surface area contributed by atoms with Gasteiger partial charge < -0.3 is 48.5 Å². The van der Waals surface area contributed by atoms with E-state index in [0.717, 1.165) is 0 Å². The number of nitrogens with two attached hydrogens (primary N) is 2. The maximum Gasteiger partial charge on any atom is 0.244 e. The van der Waals surface area contributed by atoms with Crippen LogP contribution in [0.5, 0.6) is 5.75 Å². The van der Waals surface area contributed by atoms with Crippen molar-refractivity contribution in [3.63, 3.8) is 0 Å². The van der Waals surface area contributed by atoms with Crippen molar-refractivity contribution >= 4 is 54.0 Å². The Morgan fingerprint density at radius 2 is 1.19 bits per heavy atom. The van der Waals surface area contributed by atoms with E-state index in [1.807, 2.05) is 0 Å². The van der Waals surface area contributed by atoms with Crippen LogP contribution in [0.25, 0.3) is 0 Å². The number of aliphatic imine (C=N–C) groups is 1. The number of amides is 6. The summed E-state index contributed by atoms with van der Waals surface area (Å²) in [4.78, 5) is 85.9. The molecule has 1 heterocycles. The van der Waals surface area contributed by atoms with Crippen LogP contribution in [-0.2, 0) is 41.6 Å². The van der Waals surface area contributed by atoms with Crippen LogP contribution in [0.15, 0.2) is 59.6 Å². The van der Waals surface area contributed by atoms with Crippen molar-refractivity contribution in [1.82, 2.24) is 31.9 Å². The lowest BCUT2D eigenvalue weighted by Gasteiger charge is -2.29. The number of carbonyl (C=O) groups is 6. The van der Waals surface area contributed by atoms with Crippen LogP contribution < -0.4 is 43.4 Å². The van der Waals surface area contributed by atoms with Gasteiger partial charge in [-0.2, -0.15) is 12.6 Å². The molecule has 0 radical (unpaired) electrons.